The molecule has 0 aliphatic carbocycles. The fourth-order valence-electron chi connectivity index (χ4n) is 0.857. The fourth-order valence-corrected chi connectivity index (χ4v) is 1.09. The van der Waals surface area contributed by atoms with Crippen LogP contribution in [0.25, 0.3) is 0 Å². The van der Waals surface area contributed by atoms with E-state index in [9.17, 15) is 0 Å². The second-order valence-corrected chi connectivity index (χ2v) is 2.54. The molecule has 0 saturated carbocycles. The maximum absolute atomic E-state index is 5.85. The molecule has 68 valence electrons. The molecule has 1 rings (SSSR count). The number of benzene rings is 1. The van der Waals surface area contributed by atoms with Gasteiger partial charge in [-0.05, 0) is 24.6 Å². The Morgan fingerprint density at radius 3 is 2.33 bits per heavy atom. The molecular formula is C10H16ClN. The molecule has 0 heterocycles. The third kappa shape index (κ3) is 3.74. The molecule has 0 aliphatic rings. The Bertz CT molecular complexity index is 211. The quantitative estimate of drug-likeness (QED) is 0.754. The zero-order chi connectivity index (χ0) is 9.40. The zero-order valence-corrected chi connectivity index (χ0v) is 8.43. The Balaban J connectivity index is 0.000000561. The van der Waals surface area contributed by atoms with Gasteiger partial charge < -0.3 is 5.73 Å². The van der Waals surface area contributed by atoms with Crippen LogP contribution in [0.4, 0.5) is 0 Å². The Kier molecular flexibility index (Phi) is 6.82. The highest BCUT2D eigenvalue weighted by molar-refractivity contribution is 6.31. The second-order valence-electron chi connectivity index (χ2n) is 2.13. The van der Waals surface area contributed by atoms with Crippen molar-refractivity contribution in [3.05, 3.63) is 34.9 Å². The molecule has 0 aromatic heterocycles. The van der Waals surface area contributed by atoms with Crippen molar-refractivity contribution in [3.63, 3.8) is 0 Å². The lowest BCUT2D eigenvalue weighted by Gasteiger charge is -1.99. The summed E-state index contributed by atoms with van der Waals surface area (Å²) in [6.45, 7) is 4.66. The normalized spacial score (nSPS) is 8.67. The molecule has 0 spiro atoms. The van der Waals surface area contributed by atoms with Crippen LogP contribution in [0, 0.1) is 0 Å². The van der Waals surface area contributed by atoms with E-state index >= 15 is 0 Å². The van der Waals surface area contributed by atoms with Crippen LogP contribution in [0.15, 0.2) is 24.3 Å². The van der Waals surface area contributed by atoms with Crippen molar-refractivity contribution >= 4 is 11.6 Å². The highest BCUT2D eigenvalue weighted by atomic mass is 35.5. The summed E-state index contributed by atoms with van der Waals surface area (Å²) in [7, 11) is 0. The molecule has 0 radical (unpaired) electrons. The molecule has 2 heteroatoms. The van der Waals surface area contributed by atoms with Crippen LogP contribution >= 0.6 is 11.6 Å². The number of hydrogen-bond donors (Lipinski definition) is 1. The number of halogens is 1. The van der Waals surface area contributed by atoms with Gasteiger partial charge in [0.25, 0.3) is 0 Å². The number of nitrogens with two attached hydrogens (primary N) is 1. The zero-order valence-electron chi connectivity index (χ0n) is 7.68. The monoisotopic (exact) mass is 185 g/mol. The number of hydrogen-bond acceptors (Lipinski definition) is 1. The van der Waals surface area contributed by atoms with Gasteiger partial charge in [0.05, 0.1) is 0 Å². The molecule has 0 aliphatic heterocycles. The predicted octanol–water partition coefficient (Wildman–Crippen LogP) is 2.87. The highest BCUT2D eigenvalue weighted by Gasteiger charge is 1.94. The van der Waals surface area contributed by atoms with Gasteiger partial charge in [0.1, 0.15) is 0 Å². The second kappa shape index (κ2) is 7.14. The summed E-state index contributed by atoms with van der Waals surface area (Å²) < 4.78 is 0. The largest absolute Gasteiger partial charge is 0.330 e. The first-order valence-corrected chi connectivity index (χ1v) is 4.66. The smallest absolute Gasteiger partial charge is 0.0438 e. The molecule has 2 N–H and O–H groups in total. The minimum absolute atomic E-state index is 0.656. The standard InChI is InChI=1S/C8H10ClN.C2H6/c9-8-4-2-1-3-7(8)5-6-10;1-2/h1-4H,5-6,10H2;1-2H3. The molecule has 1 nitrogen and oxygen atoms in total. The van der Waals surface area contributed by atoms with Crippen molar-refractivity contribution < 1.29 is 0 Å². The van der Waals surface area contributed by atoms with E-state index in [1.807, 2.05) is 38.1 Å². The van der Waals surface area contributed by atoms with Gasteiger partial charge in [0, 0.05) is 5.02 Å². The van der Waals surface area contributed by atoms with Crippen LogP contribution in [0.5, 0.6) is 0 Å². The van der Waals surface area contributed by atoms with Crippen LogP contribution < -0.4 is 5.73 Å². The molecule has 1 aromatic carbocycles. The summed E-state index contributed by atoms with van der Waals surface area (Å²) in [5, 5.41) is 0.813. The maximum Gasteiger partial charge on any atom is 0.0438 e. The highest BCUT2D eigenvalue weighted by Crippen LogP contribution is 2.14. The van der Waals surface area contributed by atoms with Gasteiger partial charge in [-0.25, -0.2) is 0 Å². The van der Waals surface area contributed by atoms with E-state index in [0.717, 1.165) is 17.0 Å². The summed E-state index contributed by atoms with van der Waals surface area (Å²) in [5.41, 5.74) is 6.50. The van der Waals surface area contributed by atoms with Gasteiger partial charge >= 0.3 is 0 Å². The van der Waals surface area contributed by atoms with Crippen molar-refractivity contribution in [3.8, 4) is 0 Å². The van der Waals surface area contributed by atoms with Gasteiger partial charge in [-0.1, -0.05) is 43.6 Å². The summed E-state index contributed by atoms with van der Waals surface area (Å²) in [6.07, 6.45) is 0.861. The van der Waals surface area contributed by atoms with E-state index in [4.69, 9.17) is 17.3 Å². The van der Waals surface area contributed by atoms with Crippen molar-refractivity contribution in [2.75, 3.05) is 6.54 Å². The van der Waals surface area contributed by atoms with Gasteiger partial charge in [0.15, 0.2) is 0 Å². The Morgan fingerprint density at radius 1 is 1.25 bits per heavy atom. The number of rotatable bonds is 2. The van der Waals surface area contributed by atoms with E-state index in [2.05, 4.69) is 0 Å². The lowest BCUT2D eigenvalue weighted by Crippen LogP contribution is -2.02. The van der Waals surface area contributed by atoms with Gasteiger partial charge in [-0.3, -0.25) is 0 Å². The Morgan fingerprint density at radius 2 is 1.83 bits per heavy atom. The van der Waals surface area contributed by atoms with Gasteiger partial charge in [-0.2, -0.15) is 0 Å². The van der Waals surface area contributed by atoms with Crippen LogP contribution in [0.2, 0.25) is 5.02 Å². The molecule has 0 fully saturated rings. The molecule has 0 atom stereocenters. The minimum Gasteiger partial charge on any atom is -0.330 e. The average molecular weight is 186 g/mol. The maximum atomic E-state index is 5.85. The van der Waals surface area contributed by atoms with Crippen LogP contribution in [-0.2, 0) is 6.42 Å². The predicted molar refractivity (Wildman–Crippen MR) is 55.6 cm³/mol. The van der Waals surface area contributed by atoms with Crippen molar-refractivity contribution in [2.45, 2.75) is 20.3 Å². The first kappa shape index (κ1) is 11.5. The molecule has 0 saturated heterocycles. The van der Waals surface area contributed by atoms with E-state index < -0.39 is 0 Å². The summed E-state index contributed by atoms with van der Waals surface area (Å²) >= 11 is 5.85. The lowest BCUT2D eigenvalue weighted by molar-refractivity contribution is 0.969. The van der Waals surface area contributed by atoms with Gasteiger partial charge in [-0.15, -0.1) is 0 Å². The van der Waals surface area contributed by atoms with E-state index in [-0.39, 0.29) is 0 Å². The third-order valence-corrected chi connectivity index (χ3v) is 1.74. The Hall–Kier alpha value is -0.530. The fraction of sp³-hybridized carbons (Fsp3) is 0.400. The average Bonchev–Trinajstić information content (AvgIpc) is 2.13. The van der Waals surface area contributed by atoms with Crippen molar-refractivity contribution in [2.24, 2.45) is 5.73 Å². The minimum atomic E-state index is 0.656. The molecule has 0 amide bonds. The molecule has 12 heavy (non-hydrogen) atoms. The molecule has 0 unspecified atom stereocenters. The van der Waals surface area contributed by atoms with E-state index in [1.165, 1.54) is 0 Å². The molecule has 0 bridgehead atoms. The van der Waals surface area contributed by atoms with Crippen LogP contribution in [0.1, 0.15) is 19.4 Å². The summed E-state index contributed by atoms with van der Waals surface area (Å²) in [4.78, 5) is 0. The first-order valence-electron chi connectivity index (χ1n) is 4.28. The lowest BCUT2D eigenvalue weighted by atomic mass is 10.1. The van der Waals surface area contributed by atoms with Gasteiger partial charge in [0.2, 0.25) is 0 Å². The first-order chi connectivity index (χ1) is 5.84. The molecule has 1 aromatic rings. The van der Waals surface area contributed by atoms with Crippen molar-refractivity contribution in [1.29, 1.82) is 0 Å². The summed E-state index contributed by atoms with van der Waals surface area (Å²) in [5.74, 6) is 0. The van der Waals surface area contributed by atoms with Crippen LogP contribution in [-0.4, -0.2) is 6.54 Å². The Labute approximate surface area is 79.5 Å². The third-order valence-electron chi connectivity index (χ3n) is 1.37. The van der Waals surface area contributed by atoms with E-state index in [1.54, 1.807) is 0 Å². The topological polar surface area (TPSA) is 26.0 Å². The SMILES string of the molecule is CC.NCCc1ccccc1Cl. The van der Waals surface area contributed by atoms with E-state index in [0.29, 0.717) is 6.54 Å². The van der Waals surface area contributed by atoms with Crippen molar-refractivity contribution in [1.82, 2.24) is 0 Å². The van der Waals surface area contributed by atoms with Crippen LogP contribution in [0.3, 0.4) is 0 Å². The summed E-state index contributed by atoms with van der Waals surface area (Å²) in [6, 6.07) is 7.76. The molecular weight excluding hydrogens is 170 g/mol.